The first-order valence-electron chi connectivity index (χ1n) is 4.67. The van der Waals surface area contributed by atoms with Gasteiger partial charge in [-0.05, 0) is 12.1 Å². The van der Waals surface area contributed by atoms with Gasteiger partial charge in [-0.1, -0.05) is 17.3 Å². The number of halogens is 1. The lowest BCUT2D eigenvalue weighted by molar-refractivity contribution is 0.296. The number of aliphatic hydroxyl groups excluding tert-OH is 1. The Hall–Kier alpha value is -1.47. The van der Waals surface area contributed by atoms with Crippen molar-refractivity contribution < 1.29 is 23.1 Å². The van der Waals surface area contributed by atoms with Gasteiger partial charge in [0.25, 0.3) is 0 Å². The quantitative estimate of drug-likeness (QED) is 0.467. The molecule has 0 radical (unpaired) electrons. The third kappa shape index (κ3) is 3.24. The van der Waals surface area contributed by atoms with Crippen LogP contribution in [0.15, 0.2) is 29.4 Å². The zero-order chi connectivity index (χ0) is 13.1. The normalized spacial score (nSPS) is 14.6. The molecule has 17 heavy (non-hydrogen) atoms. The average Bonchev–Trinajstić information content (AvgIpc) is 2.25. The van der Waals surface area contributed by atoms with Crippen molar-refractivity contribution in [1.82, 2.24) is 0 Å². The van der Waals surface area contributed by atoms with E-state index < -0.39 is 27.5 Å². The topological polar surface area (TPSA) is 87.0 Å². The summed E-state index contributed by atoms with van der Waals surface area (Å²) in [5, 5.41) is 19.4. The average molecular weight is 261 g/mol. The van der Waals surface area contributed by atoms with Gasteiger partial charge in [-0.2, -0.15) is 0 Å². The lowest BCUT2D eigenvalue weighted by atomic mass is 10.1. The summed E-state index contributed by atoms with van der Waals surface area (Å²) in [4.78, 5) is 0. The van der Waals surface area contributed by atoms with E-state index in [0.717, 1.165) is 18.4 Å². The summed E-state index contributed by atoms with van der Waals surface area (Å²) in [6.07, 6.45) is 0.919. The van der Waals surface area contributed by atoms with Gasteiger partial charge in [0.1, 0.15) is 16.8 Å². The van der Waals surface area contributed by atoms with Gasteiger partial charge in [-0.15, -0.1) is 0 Å². The van der Waals surface area contributed by atoms with Crippen LogP contribution in [0.3, 0.4) is 0 Å². The molecule has 0 aromatic heterocycles. The van der Waals surface area contributed by atoms with E-state index in [2.05, 4.69) is 5.16 Å². The van der Waals surface area contributed by atoms with Crippen LogP contribution in [0, 0.1) is 5.82 Å². The fourth-order valence-electron chi connectivity index (χ4n) is 1.35. The molecule has 0 bridgehead atoms. The van der Waals surface area contributed by atoms with Crippen molar-refractivity contribution in [3.05, 3.63) is 35.6 Å². The standard InChI is InChI=1S/C10H12FNO4S/c1-17(15,16)9(6-13)10(12-14)7-2-4-8(11)5-3-7/h2-5,9,13-14H,6H2,1H3/b12-10-/t9-/m0/s1. The molecule has 0 unspecified atom stereocenters. The van der Waals surface area contributed by atoms with Gasteiger partial charge in [0.15, 0.2) is 9.84 Å². The molecule has 0 aliphatic heterocycles. The number of hydrogen-bond acceptors (Lipinski definition) is 5. The summed E-state index contributed by atoms with van der Waals surface area (Å²) >= 11 is 0. The largest absolute Gasteiger partial charge is 0.411 e. The summed E-state index contributed by atoms with van der Waals surface area (Å²) in [7, 11) is -3.62. The summed E-state index contributed by atoms with van der Waals surface area (Å²) in [5.41, 5.74) is 0.0216. The summed E-state index contributed by atoms with van der Waals surface area (Å²) in [5.74, 6) is -0.494. The highest BCUT2D eigenvalue weighted by molar-refractivity contribution is 7.92. The number of rotatable bonds is 4. The summed E-state index contributed by atoms with van der Waals surface area (Å²) in [6.45, 7) is -0.713. The highest BCUT2D eigenvalue weighted by Gasteiger charge is 2.27. The fraction of sp³-hybridized carbons (Fsp3) is 0.300. The molecule has 0 spiro atoms. The van der Waals surface area contributed by atoms with Gasteiger partial charge in [-0.25, -0.2) is 12.8 Å². The molecule has 0 aliphatic rings. The van der Waals surface area contributed by atoms with Crippen molar-refractivity contribution in [2.75, 3.05) is 12.9 Å². The minimum atomic E-state index is -3.62. The molecule has 0 aliphatic carbocycles. The highest BCUT2D eigenvalue weighted by Crippen LogP contribution is 2.12. The maximum absolute atomic E-state index is 12.7. The number of aliphatic hydroxyl groups is 1. The van der Waals surface area contributed by atoms with E-state index in [-0.39, 0.29) is 11.3 Å². The van der Waals surface area contributed by atoms with Gasteiger partial charge >= 0.3 is 0 Å². The van der Waals surface area contributed by atoms with Gasteiger partial charge in [-0.3, -0.25) is 0 Å². The van der Waals surface area contributed by atoms with Crippen LogP contribution in [0.5, 0.6) is 0 Å². The molecule has 0 fully saturated rings. The predicted octanol–water partition coefficient (Wildman–Crippen LogP) is 0.409. The van der Waals surface area contributed by atoms with Gasteiger partial charge in [0.05, 0.1) is 6.61 Å². The molecule has 5 nitrogen and oxygen atoms in total. The molecule has 1 atom stereocenters. The first kappa shape index (κ1) is 13.6. The summed E-state index contributed by atoms with van der Waals surface area (Å²) in [6, 6.07) is 4.77. The van der Waals surface area contributed by atoms with Crippen LogP contribution in [0.2, 0.25) is 0 Å². The molecule has 2 N–H and O–H groups in total. The Morgan fingerprint density at radius 2 is 1.94 bits per heavy atom. The van der Waals surface area contributed by atoms with Gasteiger partial charge in [0.2, 0.25) is 0 Å². The van der Waals surface area contributed by atoms with Crippen LogP contribution in [-0.2, 0) is 9.84 Å². The van der Waals surface area contributed by atoms with Crippen LogP contribution in [0.25, 0.3) is 0 Å². The van der Waals surface area contributed by atoms with Crippen molar-refractivity contribution in [3.8, 4) is 0 Å². The van der Waals surface area contributed by atoms with Crippen molar-refractivity contribution in [1.29, 1.82) is 0 Å². The molecule has 0 saturated heterocycles. The van der Waals surface area contributed by atoms with Crippen molar-refractivity contribution >= 4 is 15.5 Å². The van der Waals surface area contributed by atoms with Crippen LogP contribution >= 0.6 is 0 Å². The van der Waals surface area contributed by atoms with Crippen LogP contribution in [0.4, 0.5) is 4.39 Å². The van der Waals surface area contributed by atoms with Crippen molar-refractivity contribution in [2.45, 2.75) is 5.25 Å². The monoisotopic (exact) mass is 261 g/mol. The minimum Gasteiger partial charge on any atom is -0.411 e. The number of hydrogen-bond donors (Lipinski definition) is 2. The SMILES string of the molecule is CS(=O)(=O)[C@@H](CO)/C(=N\O)c1ccc(F)cc1. The molecule has 94 valence electrons. The van der Waals surface area contributed by atoms with E-state index in [0.29, 0.717) is 0 Å². The van der Waals surface area contributed by atoms with Crippen LogP contribution in [0.1, 0.15) is 5.56 Å². The smallest absolute Gasteiger partial charge is 0.158 e. The van der Waals surface area contributed by atoms with E-state index in [9.17, 15) is 12.8 Å². The molecule has 0 heterocycles. The first-order chi connectivity index (χ1) is 7.90. The third-order valence-electron chi connectivity index (χ3n) is 2.24. The van der Waals surface area contributed by atoms with E-state index in [1.54, 1.807) is 0 Å². The predicted molar refractivity (Wildman–Crippen MR) is 60.4 cm³/mol. The van der Waals surface area contributed by atoms with Crippen molar-refractivity contribution in [2.24, 2.45) is 5.16 Å². The zero-order valence-electron chi connectivity index (χ0n) is 9.04. The molecular formula is C10H12FNO4S. The Labute approximate surface area is 98.1 Å². The first-order valence-corrected chi connectivity index (χ1v) is 6.63. The van der Waals surface area contributed by atoms with E-state index >= 15 is 0 Å². The Morgan fingerprint density at radius 3 is 2.29 bits per heavy atom. The fourth-order valence-corrected chi connectivity index (χ4v) is 2.21. The molecule has 0 saturated carbocycles. The van der Waals surface area contributed by atoms with Crippen LogP contribution < -0.4 is 0 Å². The Balaban J connectivity index is 3.20. The molecule has 1 rings (SSSR count). The maximum atomic E-state index is 12.7. The lowest BCUT2D eigenvalue weighted by Crippen LogP contribution is -2.33. The second kappa shape index (κ2) is 5.24. The van der Waals surface area contributed by atoms with E-state index in [4.69, 9.17) is 10.3 Å². The van der Waals surface area contributed by atoms with Gasteiger partial charge in [0, 0.05) is 11.8 Å². The number of sulfone groups is 1. The lowest BCUT2D eigenvalue weighted by Gasteiger charge is -2.13. The molecule has 0 amide bonds. The molecule has 7 heteroatoms. The van der Waals surface area contributed by atoms with E-state index in [1.807, 2.05) is 0 Å². The van der Waals surface area contributed by atoms with E-state index in [1.165, 1.54) is 12.1 Å². The number of nitrogens with zero attached hydrogens (tertiary/aromatic N) is 1. The Bertz CT molecular complexity index is 510. The molecular weight excluding hydrogens is 249 g/mol. The zero-order valence-corrected chi connectivity index (χ0v) is 9.85. The number of benzene rings is 1. The summed E-state index contributed by atoms with van der Waals surface area (Å²) < 4.78 is 35.5. The van der Waals surface area contributed by atoms with Gasteiger partial charge < -0.3 is 10.3 Å². The Morgan fingerprint density at radius 1 is 1.41 bits per heavy atom. The van der Waals surface area contributed by atoms with Crippen molar-refractivity contribution in [3.63, 3.8) is 0 Å². The third-order valence-corrected chi connectivity index (χ3v) is 3.64. The molecule has 1 aromatic carbocycles. The highest BCUT2D eigenvalue weighted by atomic mass is 32.2. The minimum absolute atomic E-state index is 0.213. The maximum Gasteiger partial charge on any atom is 0.158 e. The molecule has 1 aromatic rings. The Kier molecular flexibility index (Phi) is 4.19. The number of oxime groups is 1. The van der Waals surface area contributed by atoms with Crippen LogP contribution in [-0.4, -0.2) is 42.6 Å². The second-order valence-corrected chi connectivity index (χ2v) is 5.72. The second-order valence-electron chi connectivity index (χ2n) is 3.49.